The Bertz CT molecular complexity index is 1140. The van der Waals surface area contributed by atoms with Gasteiger partial charge in [-0.3, -0.25) is 4.79 Å². The van der Waals surface area contributed by atoms with Crippen LogP contribution in [0.2, 0.25) is 0 Å². The van der Waals surface area contributed by atoms with Crippen molar-refractivity contribution in [3.05, 3.63) is 76.5 Å². The molecule has 0 saturated heterocycles. The first-order valence-electron chi connectivity index (χ1n) is 7.39. The smallest absolute Gasteiger partial charge is 0.258 e. The van der Waals surface area contributed by atoms with Crippen LogP contribution in [0.15, 0.2) is 69.5 Å². The van der Waals surface area contributed by atoms with Gasteiger partial charge >= 0.3 is 0 Å². The Morgan fingerprint density at radius 1 is 1.15 bits per heavy atom. The van der Waals surface area contributed by atoms with Crippen LogP contribution in [0.1, 0.15) is 5.56 Å². The largest absolute Gasteiger partial charge is 0.360 e. The minimum Gasteiger partial charge on any atom is -0.360 e. The predicted molar refractivity (Wildman–Crippen MR) is 96.3 cm³/mol. The molecule has 7 nitrogen and oxygen atoms in total. The van der Waals surface area contributed by atoms with Crippen molar-refractivity contribution >= 4 is 33.0 Å². The average molecular weight is 372 g/mol. The molecule has 0 unspecified atom stereocenters. The van der Waals surface area contributed by atoms with Crippen LogP contribution in [-0.4, -0.2) is 13.4 Å². The summed E-state index contributed by atoms with van der Waals surface area (Å²) >= 11 is 0. The monoisotopic (exact) mass is 372 g/mol. The summed E-state index contributed by atoms with van der Waals surface area (Å²) in [5, 5.41) is 6.66. The summed E-state index contributed by atoms with van der Waals surface area (Å²) in [6.45, 7) is 0. The van der Waals surface area contributed by atoms with Crippen LogP contribution < -0.4 is 10.9 Å². The molecule has 3 aromatic rings. The first-order chi connectivity index (χ1) is 12.5. The Morgan fingerprint density at radius 3 is 2.54 bits per heavy atom. The third kappa shape index (κ3) is 3.67. The number of halogens is 1. The second-order valence-electron chi connectivity index (χ2n) is 5.33. The number of rotatable bonds is 5. The molecule has 0 radical (unpaired) electrons. The predicted octanol–water partition coefficient (Wildman–Crippen LogP) is 3.08. The number of H-pyrrole nitrogens is 1. The normalized spacial score (nSPS) is 11.7. The van der Waals surface area contributed by atoms with E-state index < -0.39 is 22.1 Å². The standard InChI is InChI=1S/C17H13FN4O3S/c18-11-1-6-15-10(7-11)8-14(17(23)21-15)16(22-19)9-20-12-2-4-13(5-3-12)26(24)25/h1-9,19-20,26H,(H,21,23)/b16-9-,22-19?. The Morgan fingerprint density at radius 2 is 1.88 bits per heavy atom. The first kappa shape index (κ1) is 17.5. The number of thiol groups is 1. The van der Waals surface area contributed by atoms with Gasteiger partial charge in [-0.1, -0.05) is 0 Å². The lowest BCUT2D eigenvalue weighted by Gasteiger charge is -2.05. The first-order valence-corrected chi connectivity index (χ1v) is 8.57. The summed E-state index contributed by atoms with van der Waals surface area (Å²) in [5.41, 5.74) is 8.01. The van der Waals surface area contributed by atoms with E-state index in [-0.39, 0.29) is 16.2 Å². The summed E-state index contributed by atoms with van der Waals surface area (Å²) in [6, 6.07) is 11.3. The van der Waals surface area contributed by atoms with E-state index in [1.165, 1.54) is 42.6 Å². The van der Waals surface area contributed by atoms with Gasteiger partial charge in [0.15, 0.2) is 10.7 Å². The van der Waals surface area contributed by atoms with Crippen molar-refractivity contribution < 1.29 is 12.8 Å². The van der Waals surface area contributed by atoms with E-state index in [1.54, 1.807) is 12.1 Å². The second kappa shape index (κ2) is 7.28. The van der Waals surface area contributed by atoms with Gasteiger partial charge in [0.2, 0.25) is 0 Å². The van der Waals surface area contributed by atoms with E-state index in [4.69, 9.17) is 5.53 Å². The van der Waals surface area contributed by atoms with Gasteiger partial charge in [-0.05, 0) is 48.5 Å². The summed E-state index contributed by atoms with van der Waals surface area (Å²) in [7, 11) is -2.66. The van der Waals surface area contributed by atoms with Crippen LogP contribution >= 0.6 is 0 Å². The fourth-order valence-electron chi connectivity index (χ4n) is 2.37. The molecule has 0 bridgehead atoms. The maximum absolute atomic E-state index is 13.4. The van der Waals surface area contributed by atoms with Crippen LogP contribution in [0.5, 0.6) is 0 Å². The van der Waals surface area contributed by atoms with Gasteiger partial charge in [-0.2, -0.15) is 5.11 Å². The van der Waals surface area contributed by atoms with Crippen LogP contribution in [0.25, 0.3) is 16.6 Å². The highest BCUT2D eigenvalue weighted by Gasteiger charge is 2.09. The molecule has 0 saturated carbocycles. The molecule has 3 N–H and O–H groups in total. The van der Waals surface area contributed by atoms with Crippen molar-refractivity contribution in [1.29, 1.82) is 5.53 Å². The molecule has 26 heavy (non-hydrogen) atoms. The van der Waals surface area contributed by atoms with Gasteiger partial charge in [0.05, 0.1) is 10.5 Å². The fraction of sp³-hybridized carbons (Fsp3) is 0. The van der Waals surface area contributed by atoms with E-state index in [9.17, 15) is 17.6 Å². The van der Waals surface area contributed by atoms with Gasteiger partial charge in [0, 0.05) is 22.8 Å². The highest BCUT2D eigenvalue weighted by Crippen LogP contribution is 2.19. The third-order valence-corrected chi connectivity index (χ3v) is 4.38. The number of nitrogens with one attached hydrogen (secondary N) is 3. The van der Waals surface area contributed by atoms with Gasteiger partial charge < -0.3 is 10.3 Å². The minimum atomic E-state index is -2.66. The van der Waals surface area contributed by atoms with Gasteiger partial charge in [0.25, 0.3) is 5.56 Å². The van der Waals surface area contributed by atoms with Crippen molar-refractivity contribution in [1.82, 2.24) is 4.98 Å². The second-order valence-corrected chi connectivity index (χ2v) is 6.36. The third-order valence-electron chi connectivity index (χ3n) is 3.66. The lowest BCUT2D eigenvalue weighted by Crippen LogP contribution is -2.11. The number of hydrogen-bond acceptors (Lipinski definition) is 6. The zero-order valence-electron chi connectivity index (χ0n) is 13.2. The Balaban J connectivity index is 1.96. The van der Waals surface area contributed by atoms with Crippen molar-refractivity contribution in [2.24, 2.45) is 5.11 Å². The fourth-order valence-corrected chi connectivity index (χ4v) is 2.76. The quantitative estimate of drug-likeness (QED) is 0.407. The molecule has 0 amide bonds. The Hall–Kier alpha value is -3.33. The summed E-state index contributed by atoms with van der Waals surface area (Å²) in [4.78, 5) is 15.0. The zero-order valence-corrected chi connectivity index (χ0v) is 14.1. The van der Waals surface area contributed by atoms with E-state index in [0.717, 1.165) is 0 Å². The number of aromatic amines is 1. The van der Waals surface area contributed by atoms with E-state index in [0.29, 0.717) is 16.6 Å². The van der Waals surface area contributed by atoms with Crippen LogP contribution in [0.3, 0.4) is 0 Å². The number of hydrogen-bond donors (Lipinski definition) is 4. The number of aromatic nitrogens is 1. The summed E-state index contributed by atoms with van der Waals surface area (Å²) in [5.74, 6) is -0.446. The van der Waals surface area contributed by atoms with Gasteiger partial charge in [0.1, 0.15) is 11.5 Å². The molecule has 9 heteroatoms. The molecule has 0 spiro atoms. The lowest BCUT2D eigenvalue weighted by atomic mass is 10.1. The molecule has 0 aliphatic rings. The molecular weight excluding hydrogens is 359 g/mol. The number of benzene rings is 2. The summed E-state index contributed by atoms with van der Waals surface area (Å²) in [6.07, 6.45) is 1.34. The molecule has 0 aliphatic heterocycles. The number of anilines is 1. The Kier molecular flexibility index (Phi) is 4.90. The minimum absolute atomic E-state index is 0.0383. The molecule has 2 aromatic carbocycles. The molecule has 1 aromatic heterocycles. The number of fused-ring (bicyclic) bond motifs is 1. The van der Waals surface area contributed by atoms with Crippen LogP contribution in [-0.2, 0) is 10.7 Å². The SMILES string of the molecule is N=N/C(=C\Nc1ccc([SH](=O)=O)cc1)c1cc2cc(F)ccc2[nH]c1=O. The molecule has 0 atom stereocenters. The molecule has 0 fully saturated rings. The van der Waals surface area contributed by atoms with Crippen molar-refractivity contribution in [2.45, 2.75) is 4.90 Å². The molecular formula is C17H13FN4O3S. The van der Waals surface area contributed by atoms with Crippen LogP contribution in [0, 0.1) is 11.3 Å². The molecule has 132 valence electrons. The molecule has 3 rings (SSSR count). The van der Waals surface area contributed by atoms with Crippen molar-refractivity contribution in [2.75, 3.05) is 5.32 Å². The summed E-state index contributed by atoms with van der Waals surface area (Å²) < 4.78 is 35.1. The van der Waals surface area contributed by atoms with E-state index >= 15 is 0 Å². The van der Waals surface area contributed by atoms with Crippen molar-refractivity contribution in [3.63, 3.8) is 0 Å². The highest BCUT2D eigenvalue weighted by molar-refractivity contribution is 7.72. The van der Waals surface area contributed by atoms with E-state index in [1.807, 2.05) is 0 Å². The van der Waals surface area contributed by atoms with Crippen molar-refractivity contribution in [3.8, 4) is 0 Å². The lowest BCUT2D eigenvalue weighted by molar-refractivity contribution is 0.614. The zero-order chi connectivity index (χ0) is 18.7. The van der Waals surface area contributed by atoms with Gasteiger partial charge in [-0.15, -0.1) is 0 Å². The average Bonchev–Trinajstić information content (AvgIpc) is 2.63. The Labute approximate surface area is 148 Å². The maximum atomic E-state index is 13.4. The topological polar surface area (TPSA) is 115 Å². The molecule has 0 aliphatic carbocycles. The number of pyridine rings is 1. The number of nitrogens with zero attached hydrogens (tertiary/aromatic N) is 1. The van der Waals surface area contributed by atoms with E-state index in [2.05, 4.69) is 15.4 Å². The highest BCUT2D eigenvalue weighted by atomic mass is 32.2. The van der Waals surface area contributed by atoms with Gasteiger partial charge in [-0.25, -0.2) is 18.3 Å². The maximum Gasteiger partial charge on any atom is 0.258 e. The molecule has 1 heterocycles. The van der Waals surface area contributed by atoms with Crippen LogP contribution in [0.4, 0.5) is 10.1 Å².